The number of fused-ring (bicyclic) bond motifs is 3. The van der Waals surface area contributed by atoms with Gasteiger partial charge >= 0.3 is 0 Å². The molecule has 7 heteroatoms. The molecule has 2 aromatic carbocycles. The Morgan fingerprint density at radius 2 is 1.72 bits per heavy atom. The molecule has 0 aliphatic heterocycles. The van der Waals surface area contributed by atoms with Gasteiger partial charge in [0.05, 0.1) is 0 Å². The minimum atomic E-state index is -2.48. The van der Waals surface area contributed by atoms with E-state index < -0.39 is 52.0 Å². The van der Waals surface area contributed by atoms with Crippen LogP contribution in [0.1, 0.15) is 51.0 Å². The molecule has 0 bridgehead atoms. The van der Waals surface area contributed by atoms with Crippen molar-refractivity contribution in [2.45, 2.75) is 38.7 Å². The normalized spacial score (nSPS) is 25.6. The quantitative estimate of drug-likeness (QED) is 0.387. The van der Waals surface area contributed by atoms with Crippen molar-refractivity contribution in [2.24, 2.45) is 17.6 Å². The first kappa shape index (κ1) is 23.8. The molecule has 3 atom stereocenters. The van der Waals surface area contributed by atoms with Crippen molar-refractivity contribution in [2.75, 3.05) is 0 Å². The number of ketones is 2. The summed E-state index contributed by atoms with van der Waals surface area (Å²) in [5.41, 5.74) is 7.09. The number of allylic oxidation sites excluding steroid dienone is 2. The van der Waals surface area contributed by atoms with Crippen LogP contribution >= 0.6 is 0 Å². The SMILES string of the molecule is Cc1ccc(/C=C/c2ccc(C)c3c2C[C@H]2CC4CC(O)=C(C(N)=O)C(=O)C4(O)C(O)=C2C3=O)cc1. The number of rotatable bonds is 3. The van der Waals surface area contributed by atoms with Crippen LogP contribution in [0, 0.1) is 25.7 Å². The maximum atomic E-state index is 13.7. The van der Waals surface area contributed by atoms with Crippen LogP contribution in [0.4, 0.5) is 0 Å². The average Bonchev–Trinajstić information content (AvgIpc) is 2.81. The fourth-order valence-electron chi connectivity index (χ4n) is 5.86. The molecule has 5 rings (SSSR count). The van der Waals surface area contributed by atoms with Crippen LogP contribution in [0.5, 0.6) is 0 Å². The minimum Gasteiger partial charge on any atom is -0.511 e. The summed E-state index contributed by atoms with van der Waals surface area (Å²) in [6.45, 7) is 3.82. The third-order valence-electron chi connectivity index (χ3n) is 7.74. The predicted octanol–water partition coefficient (Wildman–Crippen LogP) is 3.66. The Balaban J connectivity index is 1.60. The third kappa shape index (κ3) is 3.42. The predicted molar refractivity (Wildman–Crippen MR) is 134 cm³/mol. The first-order chi connectivity index (χ1) is 17.0. The number of carbonyl (C=O) groups is 3. The number of nitrogens with two attached hydrogens (primary N) is 1. The number of amides is 1. The second kappa shape index (κ2) is 8.31. The Labute approximate surface area is 208 Å². The van der Waals surface area contributed by atoms with E-state index in [2.05, 4.69) is 0 Å². The lowest BCUT2D eigenvalue weighted by atomic mass is 9.60. The number of benzene rings is 2. The Morgan fingerprint density at radius 1 is 1.03 bits per heavy atom. The fraction of sp³-hybridized carbons (Fsp3) is 0.276. The zero-order chi connectivity index (χ0) is 25.9. The number of hydrogen-bond donors (Lipinski definition) is 4. The minimum absolute atomic E-state index is 0.0115. The lowest BCUT2D eigenvalue weighted by Gasteiger charge is -2.45. The summed E-state index contributed by atoms with van der Waals surface area (Å²) in [5.74, 6) is -5.40. The van der Waals surface area contributed by atoms with Gasteiger partial charge < -0.3 is 21.1 Å². The molecule has 184 valence electrons. The zero-order valence-electron chi connectivity index (χ0n) is 20.0. The first-order valence-electron chi connectivity index (χ1n) is 11.9. The molecule has 36 heavy (non-hydrogen) atoms. The van der Waals surface area contributed by atoms with Crippen LogP contribution in [0.15, 0.2) is 59.1 Å². The number of primary amides is 1. The van der Waals surface area contributed by atoms with Gasteiger partial charge in [-0.3, -0.25) is 14.4 Å². The molecule has 0 fully saturated rings. The maximum absolute atomic E-state index is 13.7. The molecule has 7 nitrogen and oxygen atoms in total. The molecule has 3 aliphatic carbocycles. The van der Waals surface area contributed by atoms with Crippen LogP contribution in [-0.2, 0) is 16.0 Å². The Morgan fingerprint density at radius 3 is 2.39 bits per heavy atom. The second-order valence-electron chi connectivity index (χ2n) is 9.98. The molecular formula is C29H27NO6. The van der Waals surface area contributed by atoms with Crippen molar-refractivity contribution in [3.05, 3.63) is 92.4 Å². The lowest BCUT2D eigenvalue weighted by Crippen LogP contribution is -2.57. The van der Waals surface area contributed by atoms with Crippen LogP contribution in [0.2, 0.25) is 0 Å². The molecular weight excluding hydrogens is 458 g/mol. The number of aliphatic hydroxyl groups is 3. The first-order valence-corrected chi connectivity index (χ1v) is 11.9. The van der Waals surface area contributed by atoms with Gasteiger partial charge in [-0.1, -0.05) is 54.1 Å². The Hall–Kier alpha value is -3.97. The highest BCUT2D eigenvalue weighted by molar-refractivity contribution is 6.24. The number of aryl methyl sites for hydroxylation is 2. The monoisotopic (exact) mass is 485 g/mol. The van der Waals surface area contributed by atoms with Gasteiger partial charge in [0.15, 0.2) is 11.4 Å². The zero-order valence-corrected chi connectivity index (χ0v) is 20.0. The summed E-state index contributed by atoms with van der Waals surface area (Å²) in [4.78, 5) is 38.6. The van der Waals surface area contributed by atoms with E-state index in [-0.39, 0.29) is 18.4 Å². The van der Waals surface area contributed by atoms with E-state index in [9.17, 15) is 29.7 Å². The summed E-state index contributed by atoms with van der Waals surface area (Å²) in [5, 5.41) is 32.8. The van der Waals surface area contributed by atoms with Gasteiger partial charge in [0.1, 0.15) is 17.1 Å². The van der Waals surface area contributed by atoms with Crippen molar-refractivity contribution < 1.29 is 29.7 Å². The summed E-state index contributed by atoms with van der Waals surface area (Å²) < 4.78 is 0. The molecule has 0 saturated carbocycles. The Kier molecular flexibility index (Phi) is 5.48. The van der Waals surface area contributed by atoms with Crippen molar-refractivity contribution in [3.63, 3.8) is 0 Å². The summed E-state index contributed by atoms with van der Waals surface area (Å²) in [7, 11) is 0. The largest absolute Gasteiger partial charge is 0.511 e. The summed E-state index contributed by atoms with van der Waals surface area (Å²) in [6.07, 6.45) is 4.33. The number of aliphatic hydroxyl groups excluding tert-OH is 2. The van der Waals surface area contributed by atoms with Crippen molar-refractivity contribution in [1.82, 2.24) is 0 Å². The van der Waals surface area contributed by atoms with E-state index in [0.29, 0.717) is 12.0 Å². The van der Waals surface area contributed by atoms with Gasteiger partial charge in [-0.2, -0.15) is 0 Å². The van der Waals surface area contributed by atoms with Crippen LogP contribution in [-0.4, -0.2) is 38.4 Å². The number of carbonyl (C=O) groups excluding carboxylic acids is 3. The molecule has 0 aromatic heterocycles. The van der Waals surface area contributed by atoms with Gasteiger partial charge in [-0.15, -0.1) is 0 Å². The van der Waals surface area contributed by atoms with E-state index in [1.54, 1.807) is 6.92 Å². The smallest absolute Gasteiger partial charge is 0.255 e. The van der Waals surface area contributed by atoms with E-state index in [1.165, 1.54) is 0 Å². The van der Waals surface area contributed by atoms with Crippen LogP contribution in [0.25, 0.3) is 12.2 Å². The molecule has 2 aromatic rings. The van der Waals surface area contributed by atoms with E-state index in [1.807, 2.05) is 55.5 Å². The Bertz CT molecular complexity index is 1430. The molecule has 3 aliphatic rings. The van der Waals surface area contributed by atoms with E-state index >= 15 is 0 Å². The summed E-state index contributed by atoms with van der Waals surface area (Å²) in [6, 6.07) is 11.9. The van der Waals surface area contributed by atoms with Gasteiger partial charge in [-0.25, -0.2) is 0 Å². The van der Waals surface area contributed by atoms with Gasteiger partial charge in [0, 0.05) is 23.5 Å². The molecule has 0 spiro atoms. The number of hydrogen-bond acceptors (Lipinski definition) is 6. The van der Waals surface area contributed by atoms with Crippen molar-refractivity contribution in [3.8, 4) is 0 Å². The van der Waals surface area contributed by atoms with E-state index in [0.717, 1.165) is 27.8 Å². The molecule has 0 radical (unpaired) electrons. The third-order valence-corrected chi connectivity index (χ3v) is 7.74. The van der Waals surface area contributed by atoms with Gasteiger partial charge in [-0.05, 0) is 54.9 Å². The summed E-state index contributed by atoms with van der Waals surface area (Å²) >= 11 is 0. The van der Waals surface area contributed by atoms with Gasteiger partial charge in [0.2, 0.25) is 5.78 Å². The highest BCUT2D eigenvalue weighted by Gasteiger charge is 2.59. The fourth-order valence-corrected chi connectivity index (χ4v) is 5.86. The molecule has 5 N–H and O–H groups in total. The molecule has 0 heterocycles. The van der Waals surface area contributed by atoms with Gasteiger partial charge in [0.25, 0.3) is 5.91 Å². The topological polar surface area (TPSA) is 138 Å². The standard InChI is InChI=1S/C29H27NO6/c1-14-3-6-16(7-4-14)8-10-17-9-5-15(2)22-20(17)12-18-11-19-13-21(31)24(28(30)35)27(34)29(19,36)26(33)23(18)25(22)32/h3-10,18-19,31,33,36H,11-13H2,1-2H3,(H2,30,35)/b10-8+/t18-,19?,29?/m1/s1. The van der Waals surface area contributed by atoms with Crippen molar-refractivity contribution >= 4 is 29.6 Å². The number of Topliss-reactive ketones (excluding diaryl/α,β-unsaturated/α-hetero) is 2. The molecule has 1 amide bonds. The van der Waals surface area contributed by atoms with Crippen LogP contribution < -0.4 is 5.73 Å². The highest BCUT2D eigenvalue weighted by atomic mass is 16.3. The van der Waals surface area contributed by atoms with Crippen LogP contribution in [0.3, 0.4) is 0 Å². The average molecular weight is 486 g/mol. The maximum Gasteiger partial charge on any atom is 0.255 e. The highest BCUT2D eigenvalue weighted by Crippen LogP contribution is 2.51. The van der Waals surface area contributed by atoms with E-state index in [4.69, 9.17) is 5.73 Å². The second-order valence-corrected chi connectivity index (χ2v) is 9.98. The molecule has 2 unspecified atom stereocenters. The lowest BCUT2D eigenvalue weighted by molar-refractivity contribution is -0.144. The molecule has 0 saturated heterocycles. The van der Waals surface area contributed by atoms with Crippen molar-refractivity contribution in [1.29, 1.82) is 0 Å².